The number of hydrogen-bond acceptors (Lipinski definition) is 6. The van der Waals surface area contributed by atoms with Gasteiger partial charge in [-0.15, -0.1) is 14.8 Å². The molecule has 21 heavy (non-hydrogen) atoms. The quantitative estimate of drug-likeness (QED) is 0.809. The van der Waals surface area contributed by atoms with E-state index in [0.717, 1.165) is 0 Å². The summed E-state index contributed by atoms with van der Waals surface area (Å²) in [6.07, 6.45) is -4.17. The van der Waals surface area contributed by atoms with Crippen molar-refractivity contribution in [3.05, 3.63) is 12.1 Å². The SMILES string of the molecule is CC1CN(c2ccc3nnnn3n2)CCN1CC(F)(F)F. The Morgan fingerprint density at radius 1 is 1.29 bits per heavy atom. The maximum atomic E-state index is 12.5. The van der Waals surface area contributed by atoms with Gasteiger partial charge in [-0.05, 0) is 29.5 Å². The molecule has 0 aliphatic carbocycles. The number of rotatable bonds is 2. The highest BCUT2D eigenvalue weighted by Gasteiger charge is 2.35. The van der Waals surface area contributed by atoms with E-state index in [2.05, 4.69) is 20.6 Å². The topological polar surface area (TPSA) is 62.5 Å². The average molecular weight is 301 g/mol. The number of tetrazole rings is 1. The molecule has 0 amide bonds. The maximum Gasteiger partial charge on any atom is 0.401 e. The van der Waals surface area contributed by atoms with Gasteiger partial charge in [-0.25, -0.2) is 0 Å². The summed E-state index contributed by atoms with van der Waals surface area (Å²) < 4.78 is 38.7. The molecule has 10 heteroatoms. The van der Waals surface area contributed by atoms with Crippen molar-refractivity contribution in [2.45, 2.75) is 19.1 Å². The molecule has 3 rings (SSSR count). The van der Waals surface area contributed by atoms with Gasteiger partial charge in [0.15, 0.2) is 11.5 Å². The maximum absolute atomic E-state index is 12.5. The van der Waals surface area contributed by atoms with Crippen LogP contribution in [0.3, 0.4) is 0 Å². The van der Waals surface area contributed by atoms with E-state index in [1.54, 1.807) is 19.1 Å². The summed E-state index contributed by atoms with van der Waals surface area (Å²) >= 11 is 0. The largest absolute Gasteiger partial charge is 0.401 e. The lowest BCUT2D eigenvalue weighted by Gasteiger charge is -2.40. The lowest BCUT2D eigenvalue weighted by molar-refractivity contribution is -0.150. The van der Waals surface area contributed by atoms with Crippen molar-refractivity contribution in [2.75, 3.05) is 31.1 Å². The lowest BCUT2D eigenvalue weighted by Crippen LogP contribution is -2.54. The molecule has 1 aliphatic heterocycles. The Balaban J connectivity index is 1.71. The van der Waals surface area contributed by atoms with Gasteiger partial charge in [0.1, 0.15) is 0 Å². The molecule has 1 saturated heterocycles. The molecule has 114 valence electrons. The molecule has 0 aromatic carbocycles. The second-order valence-corrected chi connectivity index (χ2v) is 5.10. The summed E-state index contributed by atoms with van der Waals surface area (Å²) in [5, 5.41) is 15.2. The van der Waals surface area contributed by atoms with Crippen molar-refractivity contribution >= 4 is 11.5 Å². The Bertz CT molecular complexity index is 626. The fourth-order valence-electron chi connectivity index (χ4n) is 2.48. The summed E-state index contributed by atoms with van der Waals surface area (Å²) in [6, 6.07) is 3.30. The summed E-state index contributed by atoms with van der Waals surface area (Å²) in [6.45, 7) is 2.22. The predicted molar refractivity (Wildman–Crippen MR) is 67.9 cm³/mol. The first-order valence-electron chi connectivity index (χ1n) is 6.53. The fraction of sp³-hybridized carbons (Fsp3) is 0.636. The van der Waals surface area contributed by atoms with Gasteiger partial charge in [-0.3, -0.25) is 4.90 Å². The zero-order chi connectivity index (χ0) is 15.0. The highest BCUT2D eigenvalue weighted by molar-refractivity contribution is 5.44. The standard InChI is InChI=1S/C11H14F3N7/c1-8-6-19(4-5-20(8)7-11(12,13)14)10-3-2-9-15-17-18-21(9)16-10/h2-3,8H,4-7H2,1H3. The molecule has 0 bridgehead atoms. The van der Waals surface area contributed by atoms with Crippen molar-refractivity contribution in [2.24, 2.45) is 0 Å². The minimum absolute atomic E-state index is 0.202. The normalized spacial score (nSPS) is 21.1. The first kappa shape index (κ1) is 14.0. The monoisotopic (exact) mass is 301 g/mol. The van der Waals surface area contributed by atoms with Crippen molar-refractivity contribution in [1.29, 1.82) is 0 Å². The van der Waals surface area contributed by atoms with Crippen LogP contribution in [0.5, 0.6) is 0 Å². The van der Waals surface area contributed by atoms with E-state index < -0.39 is 12.7 Å². The van der Waals surface area contributed by atoms with Gasteiger partial charge >= 0.3 is 6.18 Å². The van der Waals surface area contributed by atoms with E-state index in [4.69, 9.17) is 0 Å². The van der Waals surface area contributed by atoms with Crippen molar-refractivity contribution < 1.29 is 13.2 Å². The van der Waals surface area contributed by atoms with E-state index in [1.807, 2.05) is 4.90 Å². The van der Waals surface area contributed by atoms with Gasteiger partial charge in [0.25, 0.3) is 0 Å². The number of hydrogen-bond donors (Lipinski definition) is 0. The summed E-state index contributed by atoms with van der Waals surface area (Å²) in [5.41, 5.74) is 0.530. The summed E-state index contributed by atoms with van der Waals surface area (Å²) in [5.74, 6) is 0.660. The molecular formula is C11H14F3N7. The molecule has 1 atom stereocenters. The minimum atomic E-state index is -4.17. The molecule has 1 fully saturated rings. The zero-order valence-electron chi connectivity index (χ0n) is 11.3. The molecule has 2 aromatic rings. The van der Waals surface area contributed by atoms with Crippen molar-refractivity contribution in [1.82, 2.24) is 30.2 Å². The van der Waals surface area contributed by atoms with Crippen LogP contribution >= 0.6 is 0 Å². The van der Waals surface area contributed by atoms with Crippen LogP contribution in [-0.4, -0.2) is 68.6 Å². The van der Waals surface area contributed by atoms with Gasteiger partial charge in [0, 0.05) is 25.7 Å². The van der Waals surface area contributed by atoms with Gasteiger partial charge in [-0.2, -0.15) is 13.2 Å². The van der Waals surface area contributed by atoms with Crippen LogP contribution in [-0.2, 0) is 0 Å². The Kier molecular flexibility index (Phi) is 3.40. The highest BCUT2D eigenvalue weighted by Crippen LogP contribution is 2.22. The van der Waals surface area contributed by atoms with E-state index >= 15 is 0 Å². The molecule has 0 saturated carbocycles. The van der Waals surface area contributed by atoms with Crippen LogP contribution in [0.1, 0.15) is 6.92 Å². The Hall–Kier alpha value is -1.97. The highest BCUT2D eigenvalue weighted by atomic mass is 19.4. The summed E-state index contributed by atoms with van der Waals surface area (Å²) in [7, 11) is 0. The van der Waals surface area contributed by atoms with Crippen LogP contribution in [0, 0.1) is 0 Å². The number of halogens is 3. The number of anilines is 1. The van der Waals surface area contributed by atoms with E-state index in [1.165, 1.54) is 9.53 Å². The smallest absolute Gasteiger partial charge is 0.352 e. The first-order valence-corrected chi connectivity index (χ1v) is 6.53. The van der Waals surface area contributed by atoms with Gasteiger partial charge in [0.2, 0.25) is 0 Å². The van der Waals surface area contributed by atoms with E-state index in [0.29, 0.717) is 31.1 Å². The Labute approximate surface area is 118 Å². The van der Waals surface area contributed by atoms with Crippen LogP contribution < -0.4 is 4.90 Å². The van der Waals surface area contributed by atoms with Crippen LogP contribution in [0.4, 0.5) is 19.0 Å². The first-order chi connectivity index (χ1) is 9.92. The Morgan fingerprint density at radius 2 is 2.10 bits per heavy atom. The molecule has 1 unspecified atom stereocenters. The minimum Gasteiger partial charge on any atom is -0.352 e. The molecule has 0 N–H and O–H groups in total. The molecule has 0 radical (unpaired) electrons. The summed E-state index contributed by atoms with van der Waals surface area (Å²) in [4.78, 5) is 3.38. The van der Waals surface area contributed by atoms with Crippen molar-refractivity contribution in [3.63, 3.8) is 0 Å². The number of fused-ring (bicyclic) bond motifs is 1. The second-order valence-electron chi connectivity index (χ2n) is 5.10. The zero-order valence-corrected chi connectivity index (χ0v) is 11.3. The molecule has 1 aliphatic rings. The van der Waals surface area contributed by atoms with E-state index in [9.17, 15) is 13.2 Å². The van der Waals surface area contributed by atoms with Gasteiger partial charge in [0.05, 0.1) is 6.54 Å². The van der Waals surface area contributed by atoms with E-state index in [-0.39, 0.29) is 6.04 Å². The van der Waals surface area contributed by atoms with Crippen molar-refractivity contribution in [3.8, 4) is 0 Å². The van der Waals surface area contributed by atoms with Crippen LogP contribution in [0.2, 0.25) is 0 Å². The molecule has 7 nitrogen and oxygen atoms in total. The average Bonchev–Trinajstić information content (AvgIpc) is 2.87. The number of nitrogens with zero attached hydrogens (tertiary/aromatic N) is 7. The van der Waals surface area contributed by atoms with Gasteiger partial charge in [-0.1, -0.05) is 0 Å². The lowest BCUT2D eigenvalue weighted by atomic mass is 10.2. The third-order valence-corrected chi connectivity index (χ3v) is 3.53. The number of alkyl halides is 3. The third-order valence-electron chi connectivity index (χ3n) is 3.53. The Morgan fingerprint density at radius 3 is 2.81 bits per heavy atom. The molecule has 3 heterocycles. The van der Waals surface area contributed by atoms with Crippen LogP contribution in [0.15, 0.2) is 12.1 Å². The number of piperazine rings is 1. The molecule has 0 spiro atoms. The second kappa shape index (κ2) is 5.10. The van der Waals surface area contributed by atoms with Crippen LogP contribution in [0.25, 0.3) is 5.65 Å². The number of aromatic nitrogens is 5. The van der Waals surface area contributed by atoms with Gasteiger partial charge < -0.3 is 4.90 Å². The third kappa shape index (κ3) is 3.04. The molecule has 2 aromatic heterocycles. The predicted octanol–water partition coefficient (Wildman–Crippen LogP) is 0.592. The fourth-order valence-corrected chi connectivity index (χ4v) is 2.48. The molecular weight excluding hydrogens is 287 g/mol.